The van der Waals surface area contributed by atoms with Gasteiger partial charge in [-0.3, -0.25) is 14.9 Å². The molecule has 2 N–H and O–H groups in total. The van der Waals surface area contributed by atoms with Crippen LogP contribution in [0.1, 0.15) is 16.1 Å². The van der Waals surface area contributed by atoms with Crippen molar-refractivity contribution < 1.29 is 14.1 Å². The van der Waals surface area contributed by atoms with E-state index in [-0.39, 0.29) is 11.4 Å². The number of primary amides is 1. The Kier molecular flexibility index (Phi) is 2.85. The Bertz CT molecular complexity index is 631. The first-order valence-electron chi connectivity index (χ1n) is 5.14. The minimum atomic E-state index is -0.678. The first kappa shape index (κ1) is 11.8. The molecule has 0 aliphatic carbocycles. The fourth-order valence-electron chi connectivity index (χ4n) is 1.58. The summed E-state index contributed by atoms with van der Waals surface area (Å²) in [5.41, 5.74) is 6.16. The third kappa shape index (κ3) is 2.08. The van der Waals surface area contributed by atoms with E-state index in [0.717, 1.165) is 0 Å². The number of carbonyl (C=O) groups excluding carboxylic acids is 1. The molecule has 1 aromatic carbocycles. The molecule has 0 spiro atoms. The van der Waals surface area contributed by atoms with E-state index in [1.165, 1.54) is 12.1 Å². The van der Waals surface area contributed by atoms with Crippen molar-refractivity contribution >= 4 is 11.6 Å². The summed E-state index contributed by atoms with van der Waals surface area (Å²) in [5, 5.41) is 10.8. The van der Waals surface area contributed by atoms with Crippen LogP contribution in [0, 0.1) is 17.0 Å². The standard InChI is InChI=1S/C12H10N2O4/c1-7-2-3-8(6-9(7)14(16)17)10-4-5-11(18-10)12(13)15/h2-6H,1H3,(H2,13,15). The highest BCUT2D eigenvalue weighted by Gasteiger charge is 2.14. The molecule has 6 nitrogen and oxygen atoms in total. The summed E-state index contributed by atoms with van der Waals surface area (Å²) >= 11 is 0. The maximum absolute atomic E-state index is 10.9. The summed E-state index contributed by atoms with van der Waals surface area (Å²) in [7, 11) is 0. The van der Waals surface area contributed by atoms with Crippen molar-refractivity contribution in [3.8, 4) is 11.3 Å². The van der Waals surface area contributed by atoms with E-state index in [2.05, 4.69) is 0 Å². The van der Waals surface area contributed by atoms with Gasteiger partial charge in [-0.15, -0.1) is 0 Å². The maximum atomic E-state index is 10.9. The highest BCUT2D eigenvalue weighted by atomic mass is 16.6. The second-order valence-corrected chi connectivity index (χ2v) is 3.79. The van der Waals surface area contributed by atoms with Gasteiger partial charge in [-0.05, 0) is 19.1 Å². The van der Waals surface area contributed by atoms with Crippen LogP contribution in [0.2, 0.25) is 0 Å². The molecule has 0 atom stereocenters. The molecular formula is C12H10N2O4. The van der Waals surface area contributed by atoms with E-state index < -0.39 is 10.8 Å². The van der Waals surface area contributed by atoms with Gasteiger partial charge in [-0.1, -0.05) is 12.1 Å². The maximum Gasteiger partial charge on any atom is 0.284 e. The van der Waals surface area contributed by atoms with Crippen molar-refractivity contribution in [3.63, 3.8) is 0 Å². The summed E-state index contributed by atoms with van der Waals surface area (Å²) < 4.78 is 5.21. The van der Waals surface area contributed by atoms with Gasteiger partial charge in [0.25, 0.3) is 11.6 Å². The lowest BCUT2D eigenvalue weighted by Gasteiger charge is -2.00. The summed E-state index contributed by atoms with van der Waals surface area (Å²) in [6.45, 7) is 1.65. The van der Waals surface area contributed by atoms with Crippen molar-refractivity contribution in [1.29, 1.82) is 0 Å². The number of aryl methyl sites for hydroxylation is 1. The molecule has 1 amide bonds. The van der Waals surface area contributed by atoms with E-state index in [1.54, 1.807) is 25.1 Å². The Morgan fingerprint density at radius 3 is 2.61 bits per heavy atom. The predicted octanol–water partition coefficient (Wildman–Crippen LogP) is 2.26. The van der Waals surface area contributed by atoms with Crippen LogP contribution in [0.15, 0.2) is 34.7 Å². The van der Waals surface area contributed by atoms with Crippen LogP contribution in [-0.4, -0.2) is 10.8 Å². The molecule has 0 aliphatic rings. The molecule has 2 aromatic rings. The second kappa shape index (κ2) is 4.33. The molecule has 0 saturated carbocycles. The monoisotopic (exact) mass is 246 g/mol. The molecule has 0 radical (unpaired) electrons. The molecule has 1 aromatic heterocycles. The van der Waals surface area contributed by atoms with E-state index in [9.17, 15) is 14.9 Å². The number of rotatable bonds is 3. The smallest absolute Gasteiger partial charge is 0.284 e. The number of hydrogen-bond acceptors (Lipinski definition) is 4. The number of nitrogens with two attached hydrogens (primary N) is 1. The Labute approximate surface area is 102 Å². The third-order valence-corrected chi connectivity index (χ3v) is 2.54. The van der Waals surface area contributed by atoms with E-state index in [0.29, 0.717) is 16.9 Å². The van der Waals surface area contributed by atoms with Crippen LogP contribution in [0.3, 0.4) is 0 Å². The van der Waals surface area contributed by atoms with Crippen molar-refractivity contribution in [2.75, 3.05) is 0 Å². The number of hydrogen-bond donors (Lipinski definition) is 1. The minimum absolute atomic E-state index is 0.00419. The zero-order chi connectivity index (χ0) is 13.3. The summed E-state index contributed by atoms with van der Waals surface area (Å²) in [6, 6.07) is 7.70. The number of amides is 1. The third-order valence-electron chi connectivity index (χ3n) is 2.54. The second-order valence-electron chi connectivity index (χ2n) is 3.79. The Morgan fingerprint density at radius 1 is 1.33 bits per heavy atom. The highest BCUT2D eigenvalue weighted by Crippen LogP contribution is 2.28. The van der Waals surface area contributed by atoms with Gasteiger partial charge in [0.15, 0.2) is 5.76 Å². The Morgan fingerprint density at radius 2 is 2.06 bits per heavy atom. The lowest BCUT2D eigenvalue weighted by molar-refractivity contribution is -0.385. The first-order chi connectivity index (χ1) is 8.49. The quantitative estimate of drug-likeness (QED) is 0.663. The van der Waals surface area contributed by atoms with Crippen LogP contribution < -0.4 is 5.73 Å². The lowest BCUT2D eigenvalue weighted by atomic mass is 10.1. The number of nitro benzene ring substituents is 1. The Balaban J connectivity index is 2.47. The molecule has 0 bridgehead atoms. The van der Waals surface area contributed by atoms with Gasteiger partial charge in [0, 0.05) is 17.2 Å². The summed E-state index contributed by atoms with van der Waals surface area (Å²) in [4.78, 5) is 21.3. The van der Waals surface area contributed by atoms with Gasteiger partial charge in [0.05, 0.1) is 4.92 Å². The molecule has 1 heterocycles. The first-order valence-corrected chi connectivity index (χ1v) is 5.14. The summed E-state index contributed by atoms with van der Waals surface area (Å²) in [5.74, 6) is -0.289. The lowest BCUT2D eigenvalue weighted by Crippen LogP contribution is -2.09. The molecule has 0 saturated heterocycles. The number of carbonyl (C=O) groups is 1. The normalized spacial score (nSPS) is 10.3. The van der Waals surface area contributed by atoms with Crippen LogP contribution in [-0.2, 0) is 0 Å². The average molecular weight is 246 g/mol. The topological polar surface area (TPSA) is 99.4 Å². The van der Waals surface area contributed by atoms with Crippen LogP contribution in [0.4, 0.5) is 5.69 Å². The average Bonchev–Trinajstić information content (AvgIpc) is 2.78. The fourth-order valence-corrected chi connectivity index (χ4v) is 1.58. The fraction of sp³-hybridized carbons (Fsp3) is 0.0833. The molecule has 18 heavy (non-hydrogen) atoms. The van der Waals surface area contributed by atoms with Crippen molar-refractivity contribution in [2.45, 2.75) is 6.92 Å². The largest absolute Gasteiger partial charge is 0.451 e. The van der Waals surface area contributed by atoms with Gasteiger partial charge in [-0.2, -0.15) is 0 Å². The molecular weight excluding hydrogens is 236 g/mol. The van der Waals surface area contributed by atoms with Gasteiger partial charge in [0.1, 0.15) is 5.76 Å². The zero-order valence-corrected chi connectivity index (χ0v) is 9.54. The van der Waals surface area contributed by atoms with E-state index >= 15 is 0 Å². The van der Waals surface area contributed by atoms with E-state index in [1.807, 2.05) is 0 Å². The van der Waals surface area contributed by atoms with Gasteiger partial charge in [-0.25, -0.2) is 0 Å². The molecule has 92 valence electrons. The van der Waals surface area contributed by atoms with Crippen molar-refractivity contribution in [1.82, 2.24) is 0 Å². The molecule has 0 aliphatic heterocycles. The molecule has 0 unspecified atom stereocenters. The minimum Gasteiger partial charge on any atom is -0.451 e. The van der Waals surface area contributed by atoms with Gasteiger partial charge < -0.3 is 10.2 Å². The Hall–Kier alpha value is -2.63. The van der Waals surface area contributed by atoms with Crippen LogP contribution in [0.25, 0.3) is 11.3 Å². The molecule has 0 fully saturated rings. The van der Waals surface area contributed by atoms with E-state index in [4.69, 9.17) is 10.2 Å². The van der Waals surface area contributed by atoms with Crippen molar-refractivity contribution in [2.24, 2.45) is 5.73 Å². The predicted molar refractivity (Wildman–Crippen MR) is 64.1 cm³/mol. The van der Waals surface area contributed by atoms with Gasteiger partial charge >= 0.3 is 0 Å². The molecule has 6 heteroatoms. The summed E-state index contributed by atoms with van der Waals surface area (Å²) in [6.07, 6.45) is 0. The number of nitro groups is 1. The van der Waals surface area contributed by atoms with Crippen LogP contribution in [0.5, 0.6) is 0 Å². The zero-order valence-electron chi connectivity index (χ0n) is 9.54. The van der Waals surface area contributed by atoms with Crippen LogP contribution >= 0.6 is 0 Å². The number of nitrogens with zero attached hydrogens (tertiary/aromatic N) is 1. The number of furan rings is 1. The van der Waals surface area contributed by atoms with Gasteiger partial charge in [0.2, 0.25) is 0 Å². The molecule has 2 rings (SSSR count). The SMILES string of the molecule is Cc1ccc(-c2ccc(C(N)=O)o2)cc1[N+](=O)[O-]. The number of benzene rings is 1. The highest BCUT2D eigenvalue weighted by molar-refractivity contribution is 5.90. The van der Waals surface area contributed by atoms with Crippen molar-refractivity contribution in [3.05, 3.63) is 51.8 Å².